The number of esters is 2. The Morgan fingerprint density at radius 1 is 0.810 bits per heavy atom. The average Bonchev–Trinajstić information content (AvgIpc) is 3.42. The van der Waals surface area contributed by atoms with Gasteiger partial charge in [0.2, 0.25) is 10.0 Å². The van der Waals surface area contributed by atoms with Crippen LogP contribution in [0.25, 0.3) is 33.1 Å². The molecule has 1 fully saturated rings. The van der Waals surface area contributed by atoms with Gasteiger partial charge in [-0.1, -0.05) is 61.0 Å². The van der Waals surface area contributed by atoms with Gasteiger partial charge in [-0.2, -0.15) is 4.31 Å². The molecule has 0 amide bonds. The van der Waals surface area contributed by atoms with Gasteiger partial charge in [0.1, 0.15) is 22.7 Å². The van der Waals surface area contributed by atoms with Gasteiger partial charge in [0.05, 0.1) is 17.1 Å². The topological polar surface area (TPSA) is 103 Å². The third-order valence-electron chi connectivity index (χ3n) is 7.42. The van der Waals surface area contributed by atoms with Crippen LogP contribution in [0.4, 0.5) is 0 Å². The molecule has 1 aliphatic heterocycles. The van der Waals surface area contributed by atoms with Crippen LogP contribution in [0.5, 0.6) is 5.75 Å². The molecule has 1 saturated heterocycles. The average molecular weight is 584 g/mol. The van der Waals surface area contributed by atoms with E-state index in [1.54, 1.807) is 19.1 Å². The predicted octanol–water partition coefficient (Wildman–Crippen LogP) is 6.82. The van der Waals surface area contributed by atoms with Crippen LogP contribution in [0, 0.1) is 0 Å². The Morgan fingerprint density at radius 2 is 1.48 bits per heavy atom. The van der Waals surface area contributed by atoms with Crippen molar-refractivity contribution in [2.45, 2.75) is 31.1 Å². The van der Waals surface area contributed by atoms with Crippen LogP contribution in [0.3, 0.4) is 0 Å². The third-order valence-corrected chi connectivity index (χ3v) is 9.33. The van der Waals surface area contributed by atoms with Crippen LogP contribution in [-0.2, 0) is 14.8 Å². The molecule has 1 aliphatic rings. The second kappa shape index (κ2) is 11.4. The molecule has 214 valence electrons. The predicted molar refractivity (Wildman–Crippen MR) is 159 cm³/mol. The SMILES string of the molecule is CCOC(=O)c1c(-c2ccccc2)oc2c1cc(OC(=O)c1ccc(S(=O)(=O)N3CCCCC3)cc1)c1ccccc12. The Kier molecular flexibility index (Phi) is 7.53. The molecule has 0 saturated carbocycles. The monoisotopic (exact) mass is 583 g/mol. The number of sulfonamides is 1. The van der Waals surface area contributed by atoms with Crippen molar-refractivity contribution in [2.75, 3.05) is 19.7 Å². The lowest BCUT2D eigenvalue weighted by Crippen LogP contribution is -2.35. The van der Waals surface area contributed by atoms with Crippen LogP contribution < -0.4 is 4.74 Å². The summed E-state index contributed by atoms with van der Waals surface area (Å²) in [6.07, 6.45) is 2.69. The van der Waals surface area contributed by atoms with E-state index in [4.69, 9.17) is 13.9 Å². The second-order valence-corrected chi connectivity index (χ2v) is 12.0. The minimum Gasteiger partial charge on any atom is -0.462 e. The van der Waals surface area contributed by atoms with Crippen molar-refractivity contribution in [3.8, 4) is 17.1 Å². The van der Waals surface area contributed by atoms with Crippen molar-refractivity contribution in [3.63, 3.8) is 0 Å². The zero-order valence-corrected chi connectivity index (χ0v) is 23.9. The molecule has 5 aromatic rings. The molecule has 2 heterocycles. The molecule has 0 bridgehead atoms. The number of nitrogens with zero attached hydrogens (tertiary/aromatic N) is 1. The first-order chi connectivity index (χ1) is 20.4. The molecule has 0 spiro atoms. The summed E-state index contributed by atoms with van der Waals surface area (Å²) >= 11 is 0. The zero-order chi connectivity index (χ0) is 29.3. The lowest BCUT2D eigenvalue weighted by molar-refractivity contribution is 0.0528. The Labute approximate surface area is 243 Å². The van der Waals surface area contributed by atoms with Crippen LogP contribution in [0.15, 0.2) is 94.2 Å². The summed E-state index contributed by atoms with van der Waals surface area (Å²) in [6.45, 7) is 2.90. The second-order valence-electron chi connectivity index (χ2n) is 10.1. The van der Waals surface area contributed by atoms with Gasteiger partial charge in [0, 0.05) is 34.8 Å². The Hall–Kier alpha value is -4.47. The van der Waals surface area contributed by atoms with Gasteiger partial charge in [-0.15, -0.1) is 0 Å². The normalized spacial score (nSPS) is 14.2. The van der Waals surface area contributed by atoms with Crippen molar-refractivity contribution in [3.05, 3.63) is 96.1 Å². The minimum absolute atomic E-state index is 0.138. The standard InChI is InChI=1S/C33H29NO7S/c1-2-39-33(36)29-27-21-28(25-13-7-8-14-26(25)31(27)41-30(29)22-11-5-3-6-12-22)40-32(35)23-15-17-24(18-16-23)42(37,38)34-19-9-4-10-20-34/h3,5-8,11-18,21H,2,4,9-10,19-20H2,1H3. The van der Waals surface area contributed by atoms with E-state index in [0.29, 0.717) is 46.2 Å². The lowest BCUT2D eigenvalue weighted by atomic mass is 10.0. The highest BCUT2D eigenvalue weighted by atomic mass is 32.2. The van der Waals surface area contributed by atoms with Gasteiger partial charge in [-0.05, 0) is 50.1 Å². The van der Waals surface area contributed by atoms with Gasteiger partial charge >= 0.3 is 11.9 Å². The molecule has 6 rings (SSSR count). The van der Waals surface area contributed by atoms with E-state index in [-0.39, 0.29) is 28.4 Å². The number of carbonyl (C=O) groups excluding carboxylic acids is 2. The number of benzene rings is 4. The first-order valence-electron chi connectivity index (χ1n) is 13.9. The van der Waals surface area contributed by atoms with Crippen molar-refractivity contribution >= 4 is 43.7 Å². The molecule has 0 N–H and O–H groups in total. The van der Waals surface area contributed by atoms with Crippen molar-refractivity contribution in [1.29, 1.82) is 0 Å². The number of hydrogen-bond acceptors (Lipinski definition) is 7. The van der Waals surface area contributed by atoms with Gasteiger partial charge in [-0.25, -0.2) is 18.0 Å². The van der Waals surface area contributed by atoms with E-state index in [1.807, 2.05) is 48.5 Å². The van der Waals surface area contributed by atoms with Gasteiger partial charge in [0.15, 0.2) is 0 Å². The maximum Gasteiger partial charge on any atom is 0.343 e. The van der Waals surface area contributed by atoms with E-state index in [2.05, 4.69) is 0 Å². The largest absolute Gasteiger partial charge is 0.462 e. The first-order valence-corrected chi connectivity index (χ1v) is 15.4. The number of carbonyl (C=O) groups is 2. The van der Waals surface area contributed by atoms with Crippen LogP contribution >= 0.6 is 0 Å². The number of rotatable bonds is 7. The molecule has 0 radical (unpaired) electrons. The summed E-state index contributed by atoms with van der Waals surface area (Å²) in [4.78, 5) is 26.6. The van der Waals surface area contributed by atoms with E-state index in [1.165, 1.54) is 28.6 Å². The van der Waals surface area contributed by atoms with Crippen LogP contribution in [0.2, 0.25) is 0 Å². The molecule has 1 aromatic heterocycles. The highest BCUT2D eigenvalue weighted by Gasteiger charge is 2.28. The number of fused-ring (bicyclic) bond motifs is 3. The summed E-state index contributed by atoms with van der Waals surface area (Å²) in [6, 6.07) is 24.0. The van der Waals surface area contributed by atoms with Crippen molar-refractivity contribution in [1.82, 2.24) is 4.31 Å². The highest BCUT2D eigenvalue weighted by Crippen LogP contribution is 2.41. The molecule has 42 heavy (non-hydrogen) atoms. The van der Waals surface area contributed by atoms with E-state index < -0.39 is 22.0 Å². The molecule has 0 atom stereocenters. The fourth-order valence-corrected chi connectivity index (χ4v) is 6.86. The number of furan rings is 1. The molecular formula is C33H29NO7S. The summed E-state index contributed by atoms with van der Waals surface area (Å²) in [5.41, 5.74) is 1.62. The third kappa shape index (κ3) is 5.06. The fraction of sp³-hybridized carbons (Fsp3) is 0.212. The molecule has 9 heteroatoms. The molecule has 0 unspecified atom stereocenters. The van der Waals surface area contributed by atoms with Crippen LogP contribution in [0.1, 0.15) is 46.9 Å². The van der Waals surface area contributed by atoms with Gasteiger partial charge in [0.25, 0.3) is 0 Å². The number of ether oxygens (including phenoxy) is 2. The number of hydrogen-bond donors (Lipinski definition) is 0. The number of piperidine rings is 1. The molecule has 4 aromatic carbocycles. The van der Waals surface area contributed by atoms with Gasteiger partial charge in [-0.3, -0.25) is 0 Å². The Balaban J connectivity index is 1.40. The minimum atomic E-state index is -3.63. The maximum absolute atomic E-state index is 13.3. The quantitative estimate of drug-likeness (QED) is 0.153. The Bertz CT molecular complexity index is 1890. The Morgan fingerprint density at radius 3 is 2.17 bits per heavy atom. The summed E-state index contributed by atoms with van der Waals surface area (Å²) < 4.78 is 45.1. The van der Waals surface area contributed by atoms with E-state index >= 15 is 0 Å². The smallest absolute Gasteiger partial charge is 0.343 e. The van der Waals surface area contributed by atoms with Crippen molar-refractivity contribution in [2.24, 2.45) is 0 Å². The molecular weight excluding hydrogens is 554 g/mol. The van der Waals surface area contributed by atoms with Gasteiger partial charge < -0.3 is 13.9 Å². The zero-order valence-electron chi connectivity index (χ0n) is 23.0. The summed E-state index contributed by atoms with van der Waals surface area (Å²) in [5, 5.41) is 1.73. The summed E-state index contributed by atoms with van der Waals surface area (Å²) in [7, 11) is -3.63. The molecule has 8 nitrogen and oxygen atoms in total. The van der Waals surface area contributed by atoms with Crippen LogP contribution in [-0.4, -0.2) is 44.4 Å². The highest BCUT2D eigenvalue weighted by molar-refractivity contribution is 7.89. The lowest BCUT2D eigenvalue weighted by Gasteiger charge is -2.25. The first kappa shape index (κ1) is 27.7. The van der Waals surface area contributed by atoms with E-state index in [9.17, 15) is 18.0 Å². The maximum atomic E-state index is 13.3. The van der Waals surface area contributed by atoms with Crippen molar-refractivity contribution < 1.29 is 31.9 Å². The summed E-state index contributed by atoms with van der Waals surface area (Å²) in [5.74, 6) is -0.610. The molecule has 0 aliphatic carbocycles. The fourth-order valence-electron chi connectivity index (χ4n) is 5.35. The van der Waals surface area contributed by atoms with E-state index in [0.717, 1.165) is 19.3 Å².